The molecule has 0 aromatic heterocycles. The van der Waals surface area contributed by atoms with E-state index in [1.165, 1.54) is 18.8 Å². The van der Waals surface area contributed by atoms with Crippen molar-refractivity contribution in [1.29, 1.82) is 0 Å². The molecular formula is C12H21O. The molecule has 0 aliphatic heterocycles. The number of hydrogen-bond donors (Lipinski definition) is 0. The topological polar surface area (TPSA) is 17.1 Å². The summed E-state index contributed by atoms with van der Waals surface area (Å²) in [6.45, 7) is 8.43. The molecule has 0 amide bonds. The largest absolute Gasteiger partial charge is 0.299 e. The lowest BCUT2D eigenvalue weighted by atomic mass is 9.69. The lowest BCUT2D eigenvalue weighted by Gasteiger charge is -2.35. The van der Waals surface area contributed by atoms with Gasteiger partial charge in [0.1, 0.15) is 5.78 Å². The van der Waals surface area contributed by atoms with Crippen molar-refractivity contribution in [2.45, 2.75) is 47.0 Å². The van der Waals surface area contributed by atoms with Crippen molar-refractivity contribution in [2.75, 3.05) is 0 Å². The number of Topliss-reactive ketones (excluding diaryl/α,β-unsaturated/α-hetero) is 1. The Kier molecular flexibility index (Phi) is 3.52. The predicted octanol–water partition coefficient (Wildman–Crippen LogP) is 3.24. The molecule has 1 aliphatic rings. The SMILES string of the molecule is CC(=O)[C]1CC(C)CCC1C(C)C. The highest BCUT2D eigenvalue weighted by atomic mass is 16.1. The molecule has 0 heterocycles. The molecule has 1 radical (unpaired) electrons. The minimum Gasteiger partial charge on any atom is -0.299 e. The molecule has 0 bridgehead atoms. The van der Waals surface area contributed by atoms with Gasteiger partial charge in [0.15, 0.2) is 0 Å². The Labute approximate surface area is 81.9 Å². The van der Waals surface area contributed by atoms with Crippen LogP contribution < -0.4 is 0 Å². The van der Waals surface area contributed by atoms with Crippen molar-refractivity contribution in [3.05, 3.63) is 5.92 Å². The fourth-order valence-electron chi connectivity index (χ4n) is 2.41. The van der Waals surface area contributed by atoms with Gasteiger partial charge in [-0.05, 0) is 37.5 Å². The van der Waals surface area contributed by atoms with E-state index >= 15 is 0 Å². The van der Waals surface area contributed by atoms with Crippen molar-refractivity contribution in [3.63, 3.8) is 0 Å². The first kappa shape index (κ1) is 10.7. The molecular weight excluding hydrogens is 160 g/mol. The quantitative estimate of drug-likeness (QED) is 0.639. The van der Waals surface area contributed by atoms with E-state index in [2.05, 4.69) is 20.8 Å². The molecule has 0 spiro atoms. The van der Waals surface area contributed by atoms with Crippen LogP contribution in [-0.2, 0) is 4.79 Å². The second-order valence-corrected chi connectivity index (χ2v) is 4.82. The molecule has 2 atom stereocenters. The monoisotopic (exact) mass is 181 g/mol. The summed E-state index contributed by atoms with van der Waals surface area (Å²) in [6.07, 6.45) is 3.55. The van der Waals surface area contributed by atoms with Crippen LogP contribution in [0.3, 0.4) is 0 Å². The van der Waals surface area contributed by atoms with Crippen LogP contribution in [0.15, 0.2) is 0 Å². The molecule has 75 valence electrons. The highest BCUT2D eigenvalue weighted by Crippen LogP contribution is 2.39. The normalized spacial score (nSPS) is 30.8. The van der Waals surface area contributed by atoms with Crippen LogP contribution in [0.2, 0.25) is 0 Å². The number of carbonyl (C=O) groups excluding carboxylic acids is 1. The Morgan fingerprint density at radius 1 is 1.38 bits per heavy atom. The molecule has 13 heavy (non-hydrogen) atoms. The van der Waals surface area contributed by atoms with E-state index in [9.17, 15) is 4.79 Å². The van der Waals surface area contributed by atoms with E-state index < -0.39 is 0 Å². The van der Waals surface area contributed by atoms with Crippen LogP contribution in [0, 0.1) is 23.7 Å². The molecule has 2 unspecified atom stereocenters. The molecule has 1 rings (SSSR count). The Balaban J connectivity index is 2.66. The molecule has 0 aromatic carbocycles. The number of carbonyl (C=O) groups is 1. The van der Waals surface area contributed by atoms with Crippen LogP contribution in [0.1, 0.15) is 47.0 Å². The van der Waals surface area contributed by atoms with Gasteiger partial charge >= 0.3 is 0 Å². The molecule has 1 nitrogen and oxygen atoms in total. The number of ketones is 1. The average Bonchev–Trinajstić information content (AvgIpc) is 2.03. The third kappa shape index (κ3) is 2.55. The minimum absolute atomic E-state index is 0.324. The predicted molar refractivity (Wildman–Crippen MR) is 55.3 cm³/mol. The fraction of sp³-hybridized carbons (Fsp3) is 0.833. The molecule has 0 N–H and O–H groups in total. The second-order valence-electron chi connectivity index (χ2n) is 4.82. The molecule has 1 heteroatoms. The first-order chi connectivity index (χ1) is 6.02. The first-order valence-corrected chi connectivity index (χ1v) is 5.39. The second kappa shape index (κ2) is 4.26. The summed E-state index contributed by atoms with van der Waals surface area (Å²) in [4.78, 5) is 11.4. The summed E-state index contributed by atoms with van der Waals surface area (Å²) < 4.78 is 0. The van der Waals surface area contributed by atoms with E-state index in [0.717, 1.165) is 6.42 Å². The van der Waals surface area contributed by atoms with Gasteiger partial charge < -0.3 is 0 Å². The van der Waals surface area contributed by atoms with Gasteiger partial charge in [0, 0.05) is 5.92 Å². The maximum absolute atomic E-state index is 11.4. The third-order valence-electron chi connectivity index (χ3n) is 3.24. The zero-order valence-corrected chi connectivity index (χ0v) is 9.26. The van der Waals surface area contributed by atoms with Crippen LogP contribution in [0.5, 0.6) is 0 Å². The Bertz CT molecular complexity index is 184. The smallest absolute Gasteiger partial charge is 0.137 e. The van der Waals surface area contributed by atoms with Gasteiger partial charge in [0.05, 0.1) is 0 Å². The standard InChI is InChI=1S/C12H21O/c1-8(2)11-6-5-9(3)7-12(11)10(4)13/h8-9,11H,5-7H2,1-4H3. The zero-order chi connectivity index (χ0) is 10.0. The third-order valence-corrected chi connectivity index (χ3v) is 3.24. The summed E-state index contributed by atoms with van der Waals surface area (Å²) in [5.74, 6) is 3.44. The summed E-state index contributed by atoms with van der Waals surface area (Å²) >= 11 is 0. The molecule has 0 saturated heterocycles. The van der Waals surface area contributed by atoms with Crippen LogP contribution in [0.25, 0.3) is 0 Å². The molecule has 1 aliphatic carbocycles. The highest BCUT2D eigenvalue weighted by molar-refractivity contribution is 5.90. The van der Waals surface area contributed by atoms with Crippen molar-refractivity contribution in [3.8, 4) is 0 Å². The minimum atomic E-state index is 0.324. The lowest BCUT2D eigenvalue weighted by molar-refractivity contribution is -0.117. The molecule has 1 saturated carbocycles. The Hall–Kier alpha value is -0.330. The van der Waals surface area contributed by atoms with E-state index in [1.54, 1.807) is 6.92 Å². The number of rotatable bonds is 2. The highest BCUT2D eigenvalue weighted by Gasteiger charge is 2.33. The van der Waals surface area contributed by atoms with E-state index in [0.29, 0.717) is 23.5 Å². The summed E-state index contributed by atoms with van der Waals surface area (Å²) in [6, 6.07) is 0. The maximum Gasteiger partial charge on any atom is 0.137 e. The van der Waals surface area contributed by atoms with E-state index in [4.69, 9.17) is 0 Å². The van der Waals surface area contributed by atoms with Crippen LogP contribution >= 0.6 is 0 Å². The van der Waals surface area contributed by atoms with Crippen LogP contribution in [0.4, 0.5) is 0 Å². The Morgan fingerprint density at radius 2 is 2.00 bits per heavy atom. The van der Waals surface area contributed by atoms with Crippen molar-refractivity contribution in [2.24, 2.45) is 17.8 Å². The van der Waals surface area contributed by atoms with Gasteiger partial charge in [0.2, 0.25) is 0 Å². The zero-order valence-electron chi connectivity index (χ0n) is 9.26. The maximum atomic E-state index is 11.4. The van der Waals surface area contributed by atoms with Gasteiger partial charge in [-0.25, -0.2) is 0 Å². The van der Waals surface area contributed by atoms with Gasteiger partial charge in [-0.3, -0.25) is 4.79 Å². The molecule has 1 fully saturated rings. The van der Waals surface area contributed by atoms with E-state index in [1.807, 2.05) is 0 Å². The van der Waals surface area contributed by atoms with E-state index in [-0.39, 0.29) is 0 Å². The number of hydrogen-bond acceptors (Lipinski definition) is 1. The van der Waals surface area contributed by atoms with Gasteiger partial charge in [-0.15, -0.1) is 0 Å². The summed E-state index contributed by atoms with van der Waals surface area (Å²) in [5, 5.41) is 0. The lowest BCUT2D eigenvalue weighted by Crippen LogP contribution is -2.30. The summed E-state index contributed by atoms with van der Waals surface area (Å²) in [7, 11) is 0. The first-order valence-electron chi connectivity index (χ1n) is 5.39. The Morgan fingerprint density at radius 3 is 2.46 bits per heavy atom. The van der Waals surface area contributed by atoms with Gasteiger partial charge in [0.25, 0.3) is 0 Å². The van der Waals surface area contributed by atoms with Gasteiger partial charge in [-0.1, -0.05) is 27.2 Å². The van der Waals surface area contributed by atoms with Crippen molar-refractivity contribution in [1.82, 2.24) is 0 Å². The van der Waals surface area contributed by atoms with Gasteiger partial charge in [-0.2, -0.15) is 0 Å². The molecule has 0 aromatic rings. The fourth-order valence-corrected chi connectivity index (χ4v) is 2.41. The van der Waals surface area contributed by atoms with Crippen molar-refractivity contribution >= 4 is 5.78 Å². The van der Waals surface area contributed by atoms with Crippen LogP contribution in [-0.4, -0.2) is 5.78 Å². The summed E-state index contributed by atoms with van der Waals surface area (Å²) in [5.41, 5.74) is 0. The van der Waals surface area contributed by atoms with Crippen molar-refractivity contribution < 1.29 is 4.79 Å². The average molecular weight is 181 g/mol.